The smallest absolute Gasteiger partial charge is 0.191 e. The minimum Gasteiger partial charge on any atom is -0.385 e. The van der Waals surface area contributed by atoms with Gasteiger partial charge < -0.3 is 15.4 Å². The molecule has 1 fully saturated rings. The monoisotopic (exact) mass is 361 g/mol. The molecule has 1 saturated heterocycles. The predicted octanol–water partition coefficient (Wildman–Crippen LogP) is 1.40. The van der Waals surface area contributed by atoms with Crippen LogP contribution in [0.2, 0.25) is 0 Å². The Balaban J connectivity index is 1.62. The van der Waals surface area contributed by atoms with Crippen LogP contribution < -0.4 is 10.6 Å². The van der Waals surface area contributed by atoms with Gasteiger partial charge in [-0.2, -0.15) is 0 Å². The SMILES string of the molecule is CCNC(=NCCCOC)NCCN1CCN(Cc2ccccc2)CC1. The predicted molar refractivity (Wildman–Crippen MR) is 109 cm³/mol. The summed E-state index contributed by atoms with van der Waals surface area (Å²) in [5, 5.41) is 6.74. The molecule has 0 bridgehead atoms. The number of methoxy groups -OCH3 is 1. The fourth-order valence-corrected chi connectivity index (χ4v) is 3.09. The lowest BCUT2D eigenvalue weighted by molar-refractivity contribution is 0.129. The van der Waals surface area contributed by atoms with E-state index in [0.29, 0.717) is 0 Å². The lowest BCUT2D eigenvalue weighted by atomic mass is 10.2. The van der Waals surface area contributed by atoms with Crippen LogP contribution in [0.4, 0.5) is 0 Å². The molecule has 26 heavy (non-hydrogen) atoms. The van der Waals surface area contributed by atoms with Gasteiger partial charge in [0.05, 0.1) is 0 Å². The molecule has 1 aliphatic rings. The summed E-state index contributed by atoms with van der Waals surface area (Å²) in [5.74, 6) is 0.909. The number of aliphatic imine (C=N–C) groups is 1. The summed E-state index contributed by atoms with van der Waals surface area (Å²) < 4.78 is 5.07. The van der Waals surface area contributed by atoms with Crippen molar-refractivity contribution in [2.24, 2.45) is 4.99 Å². The van der Waals surface area contributed by atoms with Gasteiger partial charge in [-0.25, -0.2) is 0 Å². The summed E-state index contributed by atoms with van der Waals surface area (Å²) >= 11 is 0. The quantitative estimate of drug-likeness (QED) is 0.375. The molecule has 0 unspecified atom stereocenters. The van der Waals surface area contributed by atoms with E-state index in [0.717, 1.165) is 77.9 Å². The van der Waals surface area contributed by atoms with Crippen LogP contribution in [0.3, 0.4) is 0 Å². The number of nitrogens with one attached hydrogen (secondary N) is 2. The van der Waals surface area contributed by atoms with E-state index in [1.165, 1.54) is 5.56 Å². The van der Waals surface area contributed by atoms with Crippen LogP contribution in [0, 0.1) is 0 Å². The Morgan fingerprint density at radius 1 is 1.08 bits per heavy atom. The number of guanidine groups is 1. The number of nitrogens with zero attached hydrogens (tertiary/aromatic N) is 3. The highest BCUT2D eigenvalue weighted by atomic mass is 16.5. The van der Waals surface area contributed by atoms with Crippen LogP contribution in [-0.2, 0) is 11.3 Å². The van der Waals surface area contributed by atoms with Crippen LogP contribution in [0.1, 0.15) is 18.9 Å². The molecule has 6 heteroatoms. The van der Waals surface area contributed by atoms with E-state index in [9.17, 15) is 0 Å². The molecule has 1 aromatic carbocycles. The first-order valence-electron chi connectivity index (χ1n) is 9.81. The van der Waals surface area contributed by atoms with Crippen LogP contribution >= 0.6 is 0 Å². The van der Waals surface area contributed by atoms with Gasteiger partial charge in [-0.1, -0.05) is 30.3 Å². The number of benzene rings is 1. The molecule has 0 aromatic heterocycles. The molecular weight excluding hydrogens is 326 g/mol. The highest BCUT2D eigenvalue weighted by molar-refractivity contribution is 5.79. The summed E-state index contributed by atoms with van der Waals surface area (Å²) in [6.45, 7) is 12.1. The van der Waals surface area contributed by atoms with Crippen molar-refractivity contribution in [3.8, 4) is 0 Å². The summed E-state index contributed by atoms with van der Waals surface area (Å²) in [6.07, 6.45) is 0.955. The molecule has 0 spiro atoms. The zero-order valence-electron chi connectivity index (χ0n) is 16.4. The Labute approximate surface area is 158 Å². The number of hydrogen-bond donors (Lipinski definition) is 2. The highest BCUT2D eigenvalue weighted by Crippen LogP contribution is 2.07. The fourth-order valence-electron chi connectivity index (χ4n) is 3.09. The van der Waals surface area contributed by atoms with Gasteiger partial charge in [-0.3, -0.25) is 14.8 Å². The number of piperazine rings is 1. The molecule has 1 heterocycles. The second-order valence-corrected chi connectivity index (χ2v) is 6.64. The molecule has 0 radical (unpaired) electrons. The van der Waals surface area contributed by atoms with Crippen molar-refractivity contribution in [2.45, 2.75) is 19.9 Å². The molecule has 2 rings (SSSR count). The summed E-state index contributed by atoms with van der Waals surface area (Å²) in [7, 11) is 1.73. The average Bonchev–Trinajstić information content (AvgIpc) is 2.67. The molecule has 6 nitrogen and oxygen atoms in total. The van der Waals surface area contributed by atoms with Crippen molar-refractivity contribution in [3.63, 3.8) is 0 Å². The van der Waals surface area contributed by atoms with Crippen molar-refractivity contribution in [1.29, 1.82) is 0 Å². The maximum absolute atomic E-state index is 5.07. The first-order valence-corrected chi connectivity index (χ1v) is 9.81. The summed E-state index contributed by atoms with van der Waals surface area (Å²) in [4.78, 5) is 9.65. The van der Waals surface area contributed by atoms with Crippen molar-refractivity contribution in [1.82, 2.24) is 20.4 Å². The first kappa shape index (κ1) is 20.7. The topological polar surface area (TPSA) is 52.1 Å². The van der Waals surface area contributed by atoms with Crippen molar-refractivity contribution >= 4 is 5.96 Å². The van der Waals surface area contributed by atoms with E-state index in [2.05, 4.69) is 62.7 Å². The largest absolute Gasteiger partial charge is 0.385 e. The van der Waals surface area contributed by atoms with Gasteiger partial charge in [0.25, 0.3) is 0 Å². The lowest BCUT2D eigenvalue weighted by Crippen LogP contribution is -2.49. The number of rotatable bonds is 10. The Morgan fingerprint density at radius 3 is 2.50 bits per heavy atom. The van der Waals surface area contributed by atoms with Crippen molar-refractivity contribution < 1.29 is 4.74 Å². The Hall–Kier alpha value is -1.63. The molecule has 0 amide bonds. The minimum atomic E-state index is 0.760. The third-order valence-corrected chi connectivity index (χ3v) is 4.56. The normalized spacial score (nSPS) is 16.6. The maximum Gasteiger partial charge on any atom is 0.191 e. The van der Waals surface area contributed by atoms with Gasteiger partial charge in [-0.05, 0) is 18.9 Å². The molecule has 1 aliphatic heterocycles. The van der Waals surface area contributed by atoms with Gasteiger partial charge >= 0.3 is 0 Å². The summed E-state index contributed by atoms with van der Waals surface area (Å²) in [5.41, 5.74) is 1.41. The van der Waals surface area contributed by atoms with Crippen LogP contribution in [0.25, 0.3) is 0 Å². The standard InChI is InChI=1S/C20H35N5O/c1-3-21-20(22-10-7-17-26-2)23-11-12-24-13-15-25(16-14-24)18-19-8-5-4-6-9-19/h4-6,8-9H,3,7,10-18H2,1-2H3,(H2,21,22,23). The van der Waals surface area contributed by atoms with E-state index >= 15 is 0 Å². The molecule has 0 aliphatic carbocycles. The average molecular weight is 362 g/mol. The minimum absolute atomic E-state index is 0.760. The van der Waals surface area contributed by atoms with E-state index in [1.54, 1.807) is 7.11 Å². The van der Waals surface area contributed by atoms with Crippen LogP contribution in [-0.4, -0.2) is 81.8 Å². The number of ether oxygens (including phenoxy) is 1. The molecule has 1 aromatic rings. The van der Waals surface area contributed by atoms with Crippen LogP contribution in [0.15, 0.2) is 35.3 Å². The Bertz CT molecular complexity index is 500. The van der Waals surface area contributed by atoms with Gasteiger partial charge in [0, 0.05) is 72.6 Å². The molecule has 0 atom stereocenters. The fraction of sp³-hybridized carbons (Fsp3) is 0.650. The van der Waals surface area contributed by atoms with Gasteiger partial charge in [0.2, 0.25) is 0 Å². The molecule has 2 N–H and O–H groups in total. The zero-order chi connectivity index (χ0) is 18.5. The molecule has 146 valence electrons. The van der Waals surface area contributed by atoms with Crippen molar-refractivity contribution in [2.75, 3.05) is 66.1 Å². The maximum atomic E-state index is 5.07. The number of hydrogen-bond acceptors (Lipinski definition) is 4. The zero-order valence-corrected chi connectivity index (χ0v) is 16.4. The summed E-state index contributed by atoms with van der Waals surface area (Å²) in [6, 6.07) is 10.7. The van der Waals surface area contributed by atoms with Gasteiger partial charge in [-0.15, -0.1) is 0 Å². The Kier molecular flexibility index (Phi) is 10.1. The second-order valence-electron chi connectivity index (χ2n) is 6.64. The molecular formula is C20H35N5O. The second kappa shape index (κ2) is 12.7. The first-order chi connectivity index (χ1) is 12.8. The third-order valence-electron chi connectivity index (χ3n) is 4.56. The van der Waals surface area contributed by atoms with E-state index in [4.69, 9.17) is 4.74 Å². The van der Waals surface area contributed by atoms with Crippen molar-refractivity contribution in [3.05, 3.63) is 35.9 Å². The van der Waals surface area contributed by atoms with Crippen LogP contribution in [0.5, 0.6) is 0 Å². The van der Waals surface area contributed by atoms with E-state index < -0.39 is 0 Å². The third kappa shape index (κ3) is 8.17. The van der Waals surface area contributed by atoms with E-state index in [1.807, 2.05) is 0 Å². The lowest BCUT2D eigenvalue weighted by Gasteiger charge is -2.34. The highest BCUT2D eigenvalue weighted by Gasteiger charge is 2.16. The molecule has 0 saturated carbocycles. The van der Waals surface area contributed by atoms with Gasteiger partial charge in [0.15, 0.2) is 5.96 Å². The van der Waals surface area contributed by atoms with E-state index in [-0.39, 0.29) is 0 Å². The Morgan fingerprint density at radius 2 is 1.81 bits per heavy atom. The van der Waals surface area contributed by atoms with Gasteiger partial charge in [0.1, 0.15) is 0 Å².